The topological polar surface area (TPSA) is 111 Å². The third-order valence-corrected chi connectivity index (χ3v) is 9.66. The maximum absolute atomic E-state index is 6.37. The molecule has 0 radical (unpaired) electrons. The van der Waals surface area contributed by atoms with Crippen molar-refractivity contribution in [3.8, 4) is 5.75 Å². The molecule has 0 spiro atoms. The molecule has 7 rings (SSSR count). The second-order valence-electron chi connectivity index (χ2n) is 12.9. The van der Waals surface area contributed by atoms with E-state index in [4.69, 9.17) is 35.2 Å². The number of fused-ring (bicyclic) bond motifs is 6. The van der Waals surface area contributed by atoms with Crippen LogP contribution in [0.2, 0.25) is 0 Å². The molecule has 0 amide bonds. The third-order valence-electron chi connectivity index (χ3n) is 9.66. The van der Waals surface area contributed by atoms with E-state index in [1.165, 1.54) is 0 Å². The molecule has 0 unspecified atom stereocenters. The number of methoxy groups -OCH3 is 1. The number of benzene rings is 5. The first-order chi connectivity index (χ1) is 26.0. The zero-order valence-corrected chi connectivity index (χ0v) is 30.8. The lowest BCUT2D eigenvalue weighted by Gasteiger charge is -2.26. The zero-order chi connectivity index (χ0) is 36.7. The Morgan fingerprint density at radius 2 is 0.868 bits per heavy atom. The lowest BCUT2D eigenvalue weighted by molar-refractivity contribution is 0.0503. The molecule has 0 aliphatic rings. The molecular formula is C43H49N5O5. The minimum atomic E-state index is 0.566. The number of ether oxygens (including phenoxy) is 5. The molecular weight excluding hydrogens is 667 g/mol. The van der Waals surface area contributed by atoms with Crippen LogP contribution in [0.15, 0.2) is 97.1 Å². The normalized spacial score (nSPS) is 11.8. The fraction of sp³-hybridized carbons (Fsp3) is 0.302. The summed E-state index contributed by atoms with van der Waals surface area (Å²) in [6, 6.07) is 33.7. The monoisotopic (exact) mass is 715 g/mol. The number of rotatable bonds is 18. The summed E-state index contributed by atoms with van der Waals surface area (Å²) in [6.45, 7) is 10.2. The van der Waals surface area contributed by atoms with Crippen molar-refractivity contribution in [3.05, 3.63) is 97.1 Å². The number of anilines is 5. The molecule has 0 fully saturated rings. The van der Waals surface area contributed by atoms with Gasteiger partial charge < -0.3 is 49.2 Å². The van der Waals surface area contributed by atoms with Gasteiger partial charge in [-0.3, -0.25) is 0 Å². The predicted molar refractivity (Wildman–Crippen MR) is 217 cm³/mol. The second kappa shape index (κ2) is 16.6. The third kappa shape index (κ3) is 7.63. The first-order valence-corrected chi connectivity index (χ1v) is 18.4. The Hall–Kier alpha value is -5.26. The van der Waals surface area contributed by atoms with E-state index in [2.05, 4.69) is 86.8 Å². The number of nitrogens with zero attached hydrogens (tertiary/aromatic N) is 3. The van der Waals surface area contributed by atoms with Gasteiger partial charge in [0.15, 0.2) is 0 Å². The Bertz CT molecular complexity index is 2170. The summed E-state index contributed by atoms with van der Waals surface area (Å²) in [7, 11) is 1.69. The molecule has 53 heavy (non-hydrogen) atoms. The lowest BCUT2D eigenvalue weighted by atomic mass is 10.1. The first-order valence-electron chi connectivity index (χ1n) is 18.4. The molecule has 0 saturated carbocycles. The Morgan fingerprint density at radius 3 is 1.30 bits per heavy atom. The summed E-state index contributed by atoms with van der Waals surface area (Å²) in [4.78, 5) is 2.29. The average Bonchev–Trinajstić information content (AvgIpc) is 3.65. The van der Waals surface area contributed by atoms with E-state index in [1.54, 1.807) is 7.11 Å². The second-order valence-corrected chi connectivity index (χ2v) is 12.9. The number of aromatic nitrogens is 2. The van der Waals surface area contributed by atoms with Crippen molar-refractivity contribution in [2.45, 2.75) is 26.9 Å². The van der Waals surface area contributed by atoms with E-state index >= 15 is 0 Å². The quantitative estimate of drug-likeness (QED) is 0.0671. The first kappa shape index (κ1) is 36.1. The minimum absolute atomic E-state index is 0.566. The summed E-state index contributed by atoms with van der Waals surface area (Å²) in [6.07, 6.45) is 0. The Morgan fingerprint density at radius 1 is 0.472 bits per heavy atom. The van der Waals surface area contributed by atoms with E-state index in [9.17, 15) is 0 Å². The Kier molecular flexibility index (Phi) is 11.3. The molecule has 10 heteroatoms. The lowest BCUT2D eigenvalue weighted by Crippen LogP contribution is -2.11. The molecule has 0 saturated heterocycles. The van der Waals surface area contributed by atoms with Crippen molar-refractivity contribution < 1.29 is 23.7 Å². The Labute approximate surface area is 310 Å². The standard InChI is InChI=1S/C43H49N5O5/c1-4-50-22-24-52-20-18-46-40-14-6-30(44)26-36(40)38-28-33(10-16-42(38)46)48(32-8-12-35(49-3)13-9-32)34-11-17-43-39(29-34)37-27-31(45)7-15-41(37)47(43)19-21-53-25-23-51-5-2/h6-17,26-29H,4-5,18-25,44-45H2,1-3H3. The number of hydrogen-bond donors (Lipinski definition) is 2. The predicted octanol–water partition coefficient (Wildman–Crippen LogP) is 8.65. The molecule has 7 aromatic rings. The Balaban J connectivity index is 1.32. The van der Waals surface area contributed by atoms with Crippen LogP contribution < -0.4 is 21.1 Å². The van der Waals surface area contributed by atoms with Crippen LogP contribution in [0, 0.1) is 0 Å². The molecule has 0 aliphatic heterocycles. The molecule has 0 atom stereocenters. The van der Waals surface area contributed by atoms with Gasteiger partial charge in [0.25, 0.3) is 0 Å². The smallest absolute Gasteiger partial charge is 0.119 e. The highest BCUT2D eigenvalue weighted by Gasteiger charge is 2.19. The maximum Gasteiger partial charge on any atom is 0.119 e. The highest BCUT2D eigenvalue weighted by atomic mass is 16.5. The molecule has 276 valence electrons. The molecule has 5 aromatic carbocycles. The summed E-state index contributed by atoms with van der Waals surface area (Å²) in [5.41, 5.74) is 21.7. The van der Waals surface area contributed by atoms with Crippen molar-refractivity contribution in [2.24, 2.45) is 0 Å². The van der Waals surface area contributed by atoms with E-state index in [0.717, 1.165) is 77.8 Å². The average molecular weight is 716 g/mol. The SMILES string of the molecule is CCOCCOCCn1c2ccc(N)cc2c2cc(N(c3ccc(OC)cc3)c3ccc4c(c3)c3cc(N)ccc3n4CCOCCOCC)ccc21. The van der Waals surface area contributed by atoms with Crippen LogP contribution in [0.3, 0.4) is 0 Å². The number of hydrogen-bond acceptors (Lipinski definition) is 8. The molecule has 2 aromatic heterocycles. The van der Waals surface area contributed by atoms with E-state index in [0.29, 0.717) is 65.9 Å². The fourth-order valence-electron chi connectivity index (χ4n) is 7.20. The largest absolute Gasteiger partial charge is 0.497 e. The van der Waals surface area contributed by atoms with Gasteiger partial charge in [0, 0.05) is 98.4 Å². The minimum Gasteiger partial charge on any atom is -0.497 e. The van der Waals surface area contributed by atoms with Gasteiger partial charge in [0.2, 0.25) is 0 Å². The summed E-state index contributed by atoms with van der Waals surface area (Å²) in [5.74, 6) is 0.795. The van der Waals surface area contributed by atoms with E-state index < -0.39 is 0 Å². The maximum atomic E-state index is 6.37. The number of nitrogens with two attached hydrogens (primary N) is 2. The van der Waals surface area contributed by atoms with Gasteiger partial charge in [0.05, 0.1) is 46.8 Å². The van der Waals surface area contributed by atoms with E-state index in [1.807, 2.05) is 38.1 Å². The van der Waals surface area contributed by atoms with Gasteiger partial charge in [-0.2, -0.15) is 0 Å². The van der Waals surface area contributed by atoms with E-state index in [-0.39, 0.29) is 0 Å². The number of nitrogen functional groups attached to an aromatic ring is 2. The van der Waals surface area contributed by atoms with Gasteiger partial charge in [0.1, 0.15) is 5.75 Å². The molecule has 0 aliphatic carbocycles. The van der Waals surface area contributed by atoms with Crippen molar-refractivity contribution in [2.75, 3.05) is 76.3 Å². The van der Waals surface area contributed by atoms with Gasteiger partial charge in [-0.25, -0.2) is 0 Å². The summed E-state index contributed by atoms with van der Waals surface area (Å²) < 4.78 is 32.9. The highest BCUT2D eigenvalue weighted by Crippen LogP contribution is 2.42. The summed E-state index contributed by atoms with van der Waals surface area (Å²) >= 11 is 0. The fourth-order valence-corrected chi connectivity index (χ4v) is 7.20. The van der Waals surface area contributed by atoms with Gasteiger partial charge in [-0.15, -0.1) is 0 Å². The van der Waals surface area contributed by atoms with Crippen LogP contribution in [0.1, 0.15) is 13.8 Å². The van der Waals surface area contributed by atoms with Gasteiger partial charge in [-0.1, -0.05) is 0 Å². The van der Waals surface area contributed by atoms with Crippen LogP contribution in [-0.4, -0.2) is 69.1 Å². The molecule has 0 bridgehead atoms. The van der Waals surface area contributed by atoms with Crippen LogP contribution in [0.4, 0.5) is 28.4 Å². The zero-order valence-electron chi connectivity index (χ0n) is 30.8. The highest BCUT2D eigenvalue weighted by molar-refractivity contribution is 6.12. The van der Waals surface area contributed by atoms with Gasteiger partial charge >= 0.3 is 0 Å². The summed E-state index contributed by atoms with van der Waals surface area (Å²) in [5, 5.41) is 4.44. The van der Waals surface area contributed by atoms with Crippen LogP contribution in [0.25, 0.3) is 43.6 Å². The van der Waals surface area contributed by atoms with Crippen LogP contribution >= 0.6 is 0 Å². The van der Waals surface area contributed by atoms with Crippen molar-refractivity contribution >= 4 is 72.0 Å². The van der Waals surface area contributed by atoms with Gasteiger partial charge in [-0.05, 0) is 111 Å². The molecule has 10 nitrogen and oxygen atoms in total. The van der Waals surface area contributed by atoms with Crippen molar-refractivity contribution in [1.29, 1.82) is 0 Å². The molecule has 2 heterocycles. The van der Waals surface area contributed by atoms with Crippen molar-refractivity contribution in [3.63, 3.8) is 0 Å². The molecule has 4 N–H and O–H groups in total. The van der Waals surface area contributed by atoms with Crippen LogP contribution in [0.5, 0.6) is 5.75 Å². The van der Waals surface area contributed by atoms with Crippen molar-refractivity contribution in [1.82, 2.24) is 9.13 Å². The van der Waals surface area contributed by atoms with Crippen LogP contribution in [-0.2, 0) is 32.0 Å².